The third-order valence-electron chi connectivity index (χ3n) is 1.90. The third kappa shape index (κ3) is 4.81. The van der Waals surface area contributed by atoms with E-state index in [9.17, 15) is 4.79 Å². The van der Waals surface area contributed by atoms with Crippen molar-refractivity contribution in [2.45, 2.75) is 12.8 Å². The van der Waals surface area contributed by atoms with Gasteiger partial charge in [0.1, 0.15) is 0 Å². The van der Waals surface area contributed by atoms with E-state index in [1.807, 2.05) is 24.3 Å². The standard InChI is InChI=1S/C11H15ClN2O/c1-14(2)13-11(15)8-5-9-3-6-10(12)7-4-9/h3-4,6-7H,5,8H2,1-2H3,(H,13,15). The molecule has 0 spiro atoms. The minimum Gasteiger partial charge on any atom is -0.289 e. The van der Waals surface area contributed by atoms with E-state index in [0.29, 0.717) is 6.42 Å². The molecule has 4 heteroatoms. The van der Waals surface area contributed by atoms with Crippen LogP contribution in [0.5, 0.6) is 0 Å². The zero-order valence-corrected chi connectivity index (χ0v) is 9.71. The topological polar surface area (TPSA) is 32.3 Å². The number of benzene rings is 1. The molecule has 0 aliphatic rings. The average Bonchev–Trinajstić information content (AvgIpc) is 2.16. The summed E-state index contributed by atoms with van der Waals surface area (Å²) < 4.78 is 0. The van der Waals surface area contributed by atoms with Gasteiger partial charge in [-0.2, -0.15) is 0 Å². The van der Waals surface area contributed by atoms with Gasteiger partial charge in [-0.15, -0.1) is 0 Å². The van der Waals surface area contributed by atoms with Gasteiger partial charge in [-0.1, -0.05) is 23.7 Å². The maximum atomic E-state index is 11.3. The first kappa shape index (κ1) is 12.0. The molecule has 0 radical (unpaired) electrons. The molecule has 0 atom stereocenters. The third-order valence-corrected chi connectivity index (χ3v) is 2.15. The number of carbonyl (C=O) groups is 1. The van der Waals surface area contributed by atoms with E-state index in [1.165, 1.54) is 0 Å². The Labute approximate surface area is 95.0 Å². The summed E-state index contributed by atoms with van der Waals surface area (Å²) in [5.41, 5.74) is 3.81. The molecule has 0 bridgehead atoms. The molecule has 15 heavy (non-hydrogen) atoms. The minimum atomic E-state index is 0.0231. The van der Waals surface area contributed by atoms with Crippen molar-refractivity contribution in [3.8, 4) is 0 Å². The Bertz CT molecular complexity index is 322. The van der Waals surface area contributed by atoms with Gasteiger partial charge in [0.05, 0.1) is 0 Å². The Kier molecular flexibility index (Phi) is 4.59. The Balaban J connectivity index is 2.37. The van der Waals surface area contributed by atoms with Gasteiger partial charge in [0.25, 0.3) is 0 Å². The van der Waals surface area contributed by atoms with Crippen molar-refractivity contribution in [1.82, 2.24) is 10.4 Å². The van der Waals surface area contributed by atoms with Crippen molar-refractivity contribution in [3.05, 3.63) is 34.9 Å². The van der Waals surface area contributed by atoms with Crippen LogP contribution in [0.1, 0.15) is 12.0 Å². The Morgan fingerprint density at radius 2 is 1.93 bits per heavy atom. The fraction of sp³-hybridized carbons (Fsp3) is 0.364. The van der Waals surface area contributed by atoms with Crippen LogP contribution in [-0.2, 0) is 11.2 Å². The van der Waals surface area contributed by atoms with Crippen LogP contribution in [0.4, 0.5) is 0 Å². The molecule has 1 aromatic carbocycles. The van der Waals surface area contributed by atoms with E-state index in [1.54, 1.807) is 19.1 Å². The smallest absolute Gasteiger partial charge is 0.234 e. The minimum absolute atomic E-state index is 0.0231. The first-order valence-corrected chi connectivity index (χ1v) is 5.17. The number of hydrazine groups is 1. The summed E-state index contributed by atoms with van der Waals surface area (Å²) in [7, 11) is 3.58. The van der Waals surface area contributed by atoms with E-state index in [2.05, 4.69) is 5.43 Å². The van der Waals surface area contributed by atoms with Crippen molar-refractivity contribution < 1.29 is 4.79 Å². The van der Waals surface area contributed by atoms with Gasteiger partial charge in [-0.05, 0) is 24.1 Å². The Morgan fingerprint density at radius 1 is 1.33 bits per heavy atom. The lowest BCUT2D eigenvalue weighted by Gasteiger charge is -2.11. The number of hydrogen-bond acceptors (Lipinski definition) is 2. The van der Waals surface area contributed by atoms with Gasteiger partial charge < -0.3 is 0 Å². The van der Waals surface area contributed by atoms with Gasteiger partial charge in [-0.3, -0.25) is 10.2 Å². The van der Waals surface area contributed by atoms with Gasteiger partial charge in [0.15, 0.2) is 0 Å². The molecule has 0 heterocycles. The second-order valence-corrected chi connectivity index (χ2v) is 3.99. The Hall–Kier alpha value is -1.06. The molecular formula is C11H15ClN2O. The van der Waals surface area contributed by atoms with Crippen molar-refractivity contribution in [3.63, 3.8) is 0 Å². The molecule has 0 aliphatic carbocycles. The van der Waals surface area contributed by atoms with Gasteiger partial charge >= 0.3 is 0 Å². The highest BCUT2D eigenvalue weighted by molar-refractivity contribution is 6.30. The van der Waals surface area contributed by atoms with Crippen molar-refractivity contribution >= 4 is 17.5 Å². The summed E-state index contributed by atoms with van der Waals surface area (Å²) >= 11 is 5.76. The lowest BCUT2D eigenvalue weighted by molar-refractivity contribution is -0.124. The van der Waals surface area contributed by atoms with E-state index >= 15 is 0 Å². The SMILES string of the molecule is CN(C)NC(=O)CCc1ccc(Cl)cc1. The lowest BCUT2D eigenvalue weighted by atomic mass is 10.1. The van der Waals surface area contributed by atoms with Crippen LogP contribution in [-0.4, -0.2) is 25.0 Å². The number of amides is 1. The molecule has 1 aromatic rings. The number of hydrogen-bond donors (Lipinski definition) is 1. The van der Waals surface area contributed by atoms with Crippen molar-refractivity contribution in [1.29, 1.82) is 0 Å². The maximum Gasteiger partial charge on any atom is 0.234 e. The van der Waals surface area contributed by atoms with E-state index < -0.39 is 0 Å². The molecule has 0 fully saturated rings. The van der Waals surface area contributed by atoms with Crippen LogP contribution in [0.15, 0.2) is 24.3 Å². The number of rotatable bonds is 4. The molecule has 1 N–H and O–H groups in total. The monoisotopic (exact) mass is 226 g/mol. The Morgan fingerprint density at radius 3 is 2.47 bits per heavy atom. The maximum absolute atomic E-state index is 11.3. The second kappa shape index (κ2) is 5.73. The highest BCUT2D eigenvalue weighted by Gasteiger charge is 2.02. The highest BCUT2D eigenvalue weighted by atomic mass is 35.5. The molecule has 0 unspecified atom stereocenters. The van der Waals surface area contributed by atoms with Crippen molar-refractivity contribution in [2.24, 2.45) is 0 Å². The first-order valence-electron chi connectivity index (χ1n) is 4.79. The van der Waals surface area contributed by atoms with Crippen LogP contribution in [0, 0.1) is 0 Å². The zero-order valence-electron chi connectivity index (χ0n) is 8.96. The molecule has 0 saturated heterocycles. The molecule has 3 nitrogen and oxygen atoms in total. The number of nitrogens with one attached hydrogen (secondary N) is 1. The zero-order chi connectivity index (χ0) is 11.3. The molecule has 1 rings (SSSR count). The van der Waals surface area contributed by atoms with Crippen LogP contribution in [0.2, 0.25) is 5.02 Å². The predicted molar refractivity (Wildman–Crippen MR) is 61.6 cm³/mol. The summed E-state index contributed by atoms with van der Waals surface area (Å²) in [6.45, 7) is 0. The van der Waals surface area contributed by atoms with Gasteiger partial charge in [-0.25, -0.2) is 5.01 Å². The highest BCUT2D eigenvalue weighted by Crippen LogP contribution is 2.10. The summed E-state index contributed by atoms with van der Waals surface area (Å²) in [6, 6.07) is 7.54. The average molecular weight is 227 g/mol. The summed E-state index contributed by atoms with van der Waals surface area (Å²) in [5, 5.41) is 2.36. The number of halogens is 1. The van der Waals surface area contributed by atoms with Crippen LogP contribution >= 0.6 is 11.6 Å². The van der Waals surface area contributed by atoms with E-state index in [0.717, 1.165) is 17.0 Å². The normalized spacial score (nSPS) is 10.4. The summed E-state index contributed by atoms with van der Waals surface area (Å²) in [6.07, 6.45) is 1.22. The first-order chi connectivity index (χ1) is 7.08. The molecular weight excluding hydrogens is 212 g/mol. The largest absolute Gasteiger partial charge is 0.289 e. The van der Waals surface area contributed by atoms with Crippen LogP contribution < -0.4 is 5.43 Å². The van der Waals surface area contributed by atoms with Crippen LogP contribution in [0.25, 0.3) is 0 Å². The van der Waals surface area contributed by atoms with E-state index in [-0.39, 0.29) is 5.91 Å². The summed E-state index contributed by atoms with van der Waals surface area (Å²) in [4.78, 5) is 11.3. The molecule has 0 aliphatic heterocycles. The van der Waals surface area contributed by atoms with Crippen molar-refractivity contribution in [2.75, 3.05) is 14.1 Å². The molecule has 82 valence electrons. The fourth-order valence-electron chi connectivity index (χ4n) is 1.21. The molecule has 0 saturated carbocycles. The molecule has 1 amide bonds. The number of nitrogens with zero attached hydrogens (tertiary/aromatic N) is 1. The lowest BCUT2D eigenvalue weighted by Crippen LogP contribution is -2.36. The van der Waals surface area contributed by atoms with Gasteiger partial charge in [0, 0.05) is 25.5 Å². The fourth-order valence-corrected chi connectivity index (χ4v) is 1.34. The second-order valence-electron chi connectivity index (χ2n) is 3.56. The number of aryl methyl sites for hydroxylation is 1. The predicted octanol–water partition coefficient (Wildman–Crippen LogP) is 1.87. The molecule has 0 aromatic heterocycles. The number of carbonyl (C=O) groups excluding carboxylic acids is 1. The van der Waals surface area contributed by atoms with E-state index in [4.69, 9.17) is 11.6 Å². The van der Waals surface area contributed by atoms with Gasteiger partial charge in [0.2, 0.25) is 5.91 Å². The summed E-state index contributed by atoms with van der Waals surface area (Å²) in [5.74, 6) is 0.0231. The quantitative estimate of drug-likeness (QED) is 0.795. The van der Waals surface area contributed by atoms with Crippen LogP contribution in [0.3, 0.4) is 0 Å².